The fourth-order valence-corrected chi connectivity index (χ4v) is 3.07. The fraction of sp³-hybridized carbons (Fsp3) is 0.364. The number of nitrogens with zero attached hydrogens (tertiary/aromatic N) is 2. The minimum atomic E-state index is -0.437. The molecule has 0 bridgehead atoms. The lowest BCUT2D eigenvalue weighted by Crippen LogP contribution is -2.35. The zero-order valence-corrected chi connectivity index (χ0v) is 16.6. The van der Waals surface area contributed by atoms with E-state index in [-0.39, 0.29) is 5.91 Å². The van der Waals surface area contributed by atoms with Crippen LogP contribution in [-0.2, 0) is 15.9 Å². The van der Waals surface area contributed by atoms with E-state index >= 15 is 0 Å². The number of amides is 1. The second-order valence-electron chi connectivity index (χ2n) is 6.39. The van der Waals surface area contributed by atoms with Crippen molar-refractivity contribution in [1.82, 2.24) is 14.9 Å². The smallest absolute Gasteiger partial charge is 0.251 e. The SMILES string of the molecule is CCOC(CNC(=O)c1ccc2c(c1)ncn2-c1ccc(CC)cc1)OCC. The number of nitrogens with one attached hydrogen (secondary N) is 1. The molecule has 2 aromatic carbocycles. The largest absolute Gasteiger partial charge is 0.351 e. The highest BCUT2D eigenvalue weighted by molar-refractivity contribution is 5.97. The topological polar surface area (TPSA) is 65.4 Å². The molecule has 3 aromatic rings. The molecule has 1 amide bonds. The van der Waals surface area contributed by atoms with E-state index in [1.54, 1.807) is 12.4 Å². The van der Waals surface area contributed by atoms with E-state index in [0.29, 0.717) is 25.3 Å². The standard InChI is InChI=1S/C22H27N3O3/c1-4-16-7-10-18(11-8-16)25-15-24-19-13-17(9-12-20(19)25)22(26)23-14-21(27-5-2)28-6-3/h7-13,15,21H,4-6,14H2,1-3H3,(H,23,26). The van der Waals surface area contributed by atoms with Crippen LogP contribution in [0.25, 0.3) is 16.7 Å². The Hall–Kier alpha value is -2.70. The maximum absolute atomic E-state index is 12.5. The average molecular weight is 381 g/mol. The summed E-state index contributed by atoms with van der Waals surface area (Å²) < 4.78 is 12.9. The van der Waals surface area contributed by atoms with Crippen LogP contribution < -0.4 is 5.32 Å². The van der Waals surface area contributed by atoms with Crippen molar-refractivity contribution < 1.29 is 14.3 Å². The predicted molar refractivity (Wildman–Crippen MR) is 110 cm³/mol. The molecule has 0 aliphatic rings. The first-order valence-electron chi connectivity index (χ1n) is 9.74. The summed E-state index contributed by atoms with van der Waals surface area (Å²) >= 11 is 0. The molecule has 0 spiro atoms. The summed E-state index contributed by atoms with van der Waals surface area (Å²) in [6.07, 6.45) is 2.36. The Labute approximate surface area is 165 Å². The first-order valence-corrected chi connectivity index (χ1v) is 9.74. The minimum Gasteiger partial charge on any atom is -0.351 e. The van der Waals surface area contributed by atoms with Gasteiger partial charge in [0, 0.05) is 24.5 Å². The Bertz CT molecular complexity index is 912. The molecule has 1 aromatic heterocycles. The molecule has 0 saturated carbocycles. The van der Waals surface area contributed by atoms with Crippen molar-refractivity contribution in [2.75, 3.05) is 19.8 Å². The Morgan fingerprint density at radius 2 is 1.79 bits per heavy atom. The molecule has 3 rings (SSSR count). The normalized spacial score (nSPS) is 11.3. The van der Waals surface area contributed by atoms with E-state index < -0.39 is 6.29 Å². The fourth-order valence-electron chi connectivity index (χ4n) is 3.07. The van der Waals surface area contributed by atoms with Crippen molar-refractivity contribution in [2.24, 2.45) is 0 Å². The van der Waals surface area contributed by atoms with Gasteiger partial charge in [0.05, 0.1) is 17.6 Å². The summed E-state index contributed by atoms with van der Waals surface area (Å²) in [6, 6.07) is 14.0. The van der Waals surface area contributed by atoms with Gasteiger partial charge in [-0.25, -0.2) is 4.98 Å². The summed E-state index contributed by atoms with van der Waals surface area (Å²) in [5, 5.41) is 2.86. The highest BCUT2D eigenvalue weighted by atomic mass is 16.7. The third-order valence-corrected chi connectivity index (χ3v) is 4.57. The molecule has 148 valence electrons. The molecule has 0 unspecified atom stereocenters. The quantitative estimate of drug-likeness (QED) is 0.574. The summed E-state index contributed by atoms with van der Waals surface area (Å²) in [7, 11) is 0. The van der Waals surface area contributed by atoms with Crippen molar-refractivity contribution >= 4 is 16.9 Å². The van der Waals surface area contributed by atoms with E-state index in [9.17, 15) is 4.79 Å². The van der Waals surface area contributed by atoms with Crippen LogP contribution in [0.5, 0.6) is 0 Å². The Morgan fingerprint density at radius 1 is 1.07 bits per heavy atom. The van der Waals surface area contributed by atoms with Crippen LogP contribution in [0.15, 0.2) is 48.8 Å². The molecule has 6 nitrogen and oxygen atoms in total. The van der Waals surface area contributed by atoms with Crippen molar-refractivity contribution in [3.8, 4) is 5.69 Å². The van der Waals surface area contributed by atoms with Gasteiger partial charge in [-0.2, -0.15) is 0 Å². The number of imidazole rings is 1. The molecule has 1 N–H and O–H groups in total. The Kier molecular flexibility index (Phi) is 6.79. The van der Waals surface area contributed by atoms with Gasteiger partial charge in [0.1, 0.15) is 6.33 Å². The molecule has 28 heavy (non-hydrogen) atoms. The number of rotatable bonds is 9. The van der Waals surface area contributed by atoms with Crippen LogP contribution in [0.4, 0.5) is 0 Å². The number of hydrogen-bond donors (Lipinski definition) is 1. The van der Waals surface area contributed by atoms with Crippen LogP contribution in [0, 0.1) is 0 Å². The summed E-state index contributed by atoms with van der Waals surface area (Å²) in [6.45, 7) is 7.30. The lowest BCUT2D eigenvalue weighted by molar-refractivity contribution is -0.131. The van der Waals surface area contributed by atoms with Gasteiger partial charge < -0.3 is 14.8 Å². The first-order chi connectivity index (χ1) is 13.7. The second kappa shape index (κ2) is 9.48. The summed E-state index contributed by atoms with van der Waals surface area (Å²) in [5.41, 5.74) is 4.64. The molecule has 0 aliphatic heterocycles. The monoisotopic (exact) mass is 381 g/mol. The first kappa shape index (κ1) is 20.0. The molecule has 0 fully saturated rings. The highest BCUT2D eigenvalue weighted by Gasteiger charge is 2.13. The molecule has 0 aliphatic carbocycles. The maximum atomic E-state index is 12.5. The molecule has 6 heteroatoms. The van der Waals surface area contributed by atoms with Gasteiger partial charge in [0.25, 0.3) is 5.91 Å². The van der Waals surface area contributed by atoms with Crippen molar-refractivity contribution in [1.29, 1.82) is 0 Å². The third-order valence-electron chi connectivity index (χ3n) is 4.57. The van der Waals surface area contributed by atoms with E-state index in [2.05, 4.69) is 41.5 Å². The number of fused-ring (bicyclic) bond motifs is 1. The van der Waals surface area contributed by atoms with Crippen LogP contribution in [0.2, 0.25) is 0 Å². The Balaban J connectivity index is 1.74. The molecule has 0 radical (unpaired) electrons. The van der Waals surface area contributed by atoms with Crippen LogP contribution in [-0.4, -0.2) is 41.5 Å². The molecule has 0 saturated heterocycles. The lowest BCUT2D eigenvalue weighted by Gasteiger charge is -2.17. The Morgan fingerprint density at radius 3 is 2.43 bits per heavy atom. The zero-order chi connectivity index (χ0) is 19.9. The van der Waals surface area contributed by atoms with Gasteiger partial charge >= 0.3 is 0 Å². The number of carbonyl (C=O) groups is 1. The number of aryl methyl sites for hydroxylation is 1. The number of hydrogen-bond acceptors (Lipinski definition) is 4. The van der Waals surface area contributed by atoms with Gasteiger partial charge in [0.15, 0.2) is 6.29 Å². The summed E-state index contributed by atoms with van der Waals surface area (Å²) in [4.78, 5) is 17.0. The van der Waals surface area contributed by atoms with Crippen LogP contribution >= 0.6 is 0 Å². The van der Waals surface area contributed by atoms with E-state index in [1.165, 1.54) is 5.56 Å². The van der Waals surface area contributed by atoms with E-state index in [1.807, 2.05) is 30.5 Å². The van der Waals surface area contributed by atoms with Gasteiger partial charge in [-0.05, 0) is 56.2 Å². The number of ether oxygens (including phenoxy) is 2. The van der Waals surface area contributed by atoms with Crippen molar-refractivity contribution in [3.63, 3.8) is 0 Å². The highest BCUT2D eigenvalue weighted by Crippen LogP contribution is 2.20. The molecular weight excluding hydrogens is 354 g/mol. The van der Waals surface area contributed by atoms with Crippen LogP contribution in [0.1, 0.15) is 36.7 Å². The molecular formula is C22H27N3O3. The van der Waals surface area contributed by atoms with Crippen molar-refractivity contribution in [2.45, 2.75) is 33.5 Å². The number of benzene rings is 2. The maximum Gasteiger partial charge on any atom is 0.251 e. The minimum absolute atomic E-state index is 0.173. The summed E-state index contributed by atoms with van der Waals surface area (Å²) in [5.74, 6) is -0.173. The van der Waals surface area contributed by atoms with E-state index in [0.717, 1.165) is 23.1 Å². The van der Waals surface area contributed by atoms with E-state index in [4.69, 9.17) is 9.47 Å². The number of aromatic nitrogens is 2. The van der Waals surface area contributed by atoms with Gasteiger partial charge in [0.2, 0.25) is 0 Å². The third kappa shape index (κ3) is 4.58. The van der Waals surface area contributed by atoms with Crippen LogP contribution in [0.3, 0.4) is 0 Å². The zero-order valence-electron chi connectivity index (χ0n) is 16.6. The van der Waals surface area contributed by atoms with Crippen molar-refractivity contribution in [3.05, 3.63) is 59.9 Å². The van der Waals surface area contributed by atoms with Gasteiger partial charge in [-0.1, -0.05) is 19.1 Å². The average Bonchev–Trinajstić information content (AvgIpc) is 3.15. The van der Waals surface area contributed by atoms with Gasteiger partial charge in [-0.3, -0.25) is 9.36 Å². The van der Waals surface area contributed by atoms with Gasteiger partial charge in [-0.15, -0.1) is 0 Å². The molecule has 0 atom stereocenters. The second-order valence-corrected chi connectivity index (χ2v) is 6.39. The molecule has 1 heterocycles. The number of carbonyl (C=O) groups excluding carboxylic acids is 1. The lowest BCUT2D eigenvalue weighted by atomic mass is 10.1. The predicted octanol–water partition coefficient (Wildman–Crippen LogP) is 3.72.